The number of fused-ring (bicyclic) bond motifs is 1. The van der Waals surface area contributed by atoms with Crippen molar-refractivity contribution in [1.82, 2.24) is 14.7 Å². The fraction of sp³-hybridized carbons (Fsp3) is 0.167. The molecule has 0 aliphatic rings. The smallest absolute Gasteiger partial charge is 0.287 e. The Morgan fingerprint density at radius 3 is 2.64 bits per heavy atom. The predicted octanol–water partition coefficient (Wildman–Crippen LogP) is 3.38. The minimum absolute atomic E-state index is 0.0349. The molecular formula is C18H17ClN4O2. The van der Waals surface area contributed by atoms with Gasteiger partial charge in [0.25, 0.3) is 11.8 Å². The van der Waals surface area contributed by atoms with Crippen LogP contribution in [0.5, 0.6) is 0 Å². The Morgan fingerprint density at radius 1 is 1.12 bits per heavy atom. The topological polar surface area (TPSA) is 75.5 Å². The number of amides is 2. The lowest BCUT2D eigenvalue weighted by Crippen LogP contribution is -2.31. The van der Waals surface area contributed by atoms with Crippen molar-refractivity contribution < 1.29 is 9.59 Å². The predicted molar refractivity (Wildman–Crippen MR) is 97.2 cm³/mol. The van der Waals surface area contributed by atoms with Gasteiger partial charge in [0.15, 0.2) is 5.69 Å². The van der Waals surface area contributed by atoms with Crippen LogP contribution in [-0.4, -0.2) is 27.2 Å². The average Bonchev–Trinajstić information content (AvgIpc) is 2.94. The quantitative estimate of drug-likeness (QED) is 0.752. The summed E-state index contributed by atoms with van der Waals surface area (Å²) in [6.07, 6.45) is 1.70. The molecule has 0 bridgehead atoms. The first-order chi connectivity index (χ1) is 12.0. The molecular weight excluding hydrogens is 340 g/mol. The normalized spacial score (nSPS) is 10.9. The molecule has 6 nitrogen and oxygen atoms in total. The molecule has 2 N–H and O–H groups in total. The number of benzene rings is 1. The summed E-state index contributed by atoms with van der Waals surface area (Å²) in [4.78, 5) is 29.3. The van der Waals surface area contributed by atoms with Crippen LogP contribution in [0.3, 0.4) is 0 Å². The van der Waals surface area contributed by atoms with Crippen molar-refractivity contribution in [1.29, 1.82) is 0 Å². The van der Waals surface area contributed by atoms with E-state index < -0.39 is 5.91 Å². The highest BCUT2D eigenvalue weighted by Gasteiger charge is 2.21. The first-order valence-corrected chi connectivity index (χ1v) is 8.18. The van der Waals surface area contributed by atoms with Crippen LogP contribution in [0.25, 0.3) is 5.52 Å². The Bertz CT molecular complexity index is 949. The van der Waals surface area contributed by atoms with E-state index in [2.05, 4.69) is 15.6 Å². The van der Waals surface area contributed by atoms with Crippen LogP contribution in [0.4, 0.5) is 5.69 Å². The van der Waals surface area contributed by atoms with Crippen molar-refractivity contribution in [2.24, 2.45) is 0 Å². The number of nitrogens with one attached hydrogen (secondary N) is 2. The monoisotopic (exact) mass is 356 g/mol. The molecule has 2 amide bonds. The molecule has 0 unspecified atom stereocenters. The third-order valence-corrected chi connectivity index (χ3v) is 3.70. The summed E-state index contributed by atoms with van der Waals surface area (Å²) in [6.45, 7) is 3.72. The zero-order valence-corrected chi connectivity index (χ0v) is 14.5. The Hall–Kier alpha value is -2.86. The minimum Gasteiger partial charge on any atom is -0.347 e. The van der Waals surface area contributed by atoms with Gasteiger partial charge in [-0.1, -0.05) is 23.7 Å². The van der Waals surface area contributed by atoms with Gasteiger partial charge in [0.05, 0.1) is 5.52 Å². The van der Waals surface area contributed by atoms with E-state index in [0.29, 0.717) is 16.2 Å². The lowest BCUT2D eigenvalue weighted by atomic mass is 10.3. The summed E-state index contributed by atoms with van der Waals surface area (Å²) < 4.78 is 1.60. The standard InChI is InChI=1S/C18H17ClN4O2/c1-11(2)20-18(25)16-22-15(14-8-3-4-9-23(14)16)17(24)21-13-7-5-6-12(19)10-13/h3-11H,1-2H3,(H,20,25)(H,21,24). The second-order valence-electron chi connectivity index (χ2n) is 5.83. The molecule has 0 aliphatic carbocycles. The number of hydrogen-bond acceptors (Lipinski definition) is 3. The van der Waals surface area contributed by atoms with Crippen LogP contribution in [0.2, 0.25) is 5.02 Å². The summed E-state index contributed by atoms with van der Waals surface area (Å²) in [5.74, 6) is -0.576. The molecule has 0 radical (unpaired) electrons. The number of hydrogen-bond donors (Lipinski definition) is 2. The number of carbonyl (C=O) groups excluding carboxylic acids is 2. The molecule has 25 heavy (non-hydrogen) atoms. The Labute approximate surface area is 149 Å². The van der Waals surface area contributed by atoms with E-state index >= 15 is 0 Å². The molecule has 0 aliphatic heterocycles. The maximum Gasteiger partial charge on any atom is 0.287 e. The van der Waals surface area contributed by atoms with Gasteiger partial charge in [-0.25, -0.2) is 4.98 Å². The minimum atomic E-state index is -0.408. The highest BCUT2D eigenvalue weighted by molar-refractivity contribution is 6.31. The van der Waals surface area contributed by atoms with E-state index in [0.717, 1.165) is 0 Å². The van der Waals surface area contributed by atoms with Crippen molar-refractivity contribution in [3.63, 3.8) is 0 Å². The summed E-state index contributed by atoms with van der Waals surface area (Å²) in [5.41, 5.74) is 1.29. The fourth-order valence-electron chi connectivity index (χ4n) is 2.45. The molecule has 0 spiro atoms. The number of imidazole rings is 1. The lowest BCUT2D eigenvalue weighted by Gasteiger charge is -2.06. The number of anilines is 1. The second kappa shape index (κ2) is 6.94. The number of halogens is 1. The van der Waals surface area contributed by atoms with Crippen molar-refractivity contribution in [3.05, 3.63) is 65.2 Å². The maximum atomic E-state index is 12.6. The van der Waals surface area contributed by atoms with Crippen LogP contribution >= 0.6 is 11.6 Å². The summed E-state index contributed by atoms with van der Waals surface area (Å²) >= 11 is 5.94. The highest BCUT2D eigenvalue weighted by Crippen LogP contribution is 2.18. The maximum absolute atomic E-state index is 12.6. The molecule has 3 aromatic rings. The van der Waals surface area contributed by atoms with Gasteiger partial charge in [0.2, 0.25) is 5.82 Å². The molecule has 2 heterocycles. The zero-order chi connectivity index (χ0) is 18.0. The van der Waals surface area contributed by atoms with Crippen LogP contribution in [0, 0.1) is 0 Å². The second-order valence-corrected chi connectivity index (χ2v) is 6.27. The third kappa shape index (κ3) is 3.64. The first-order valence-electron chi connectivity index (χ1n) is 7.80. The van der Waals surface area contributed by atoms with E-state index in [1.54, 1.807) is 53.1 Å². The van der Waals surface area contributed by atoms with E-state index in [-0.39, 0.29) is 23.5 Å². The molecule has 0 saturated heterocycles. The first kappa shape index (κ1) is 17.0. The van der Waals surface area contributed by atoms with Gasteiger partial charge in [0, 0.05) is 22.9 Å². The number of carbonyl (C=O) groups is 2. The van der Waals surface area contributed by atoms with Crippen LogP contribution in [0.1, 0.15) is 35.0 Å². The molecule has 128 valence electrons. The SMILES string of the molecule is CC(C)NC(=O)c1nc(C(=O)Nc2cccc(Cl)c2)c2ccccn12. The molecule has 0 atom stereocenters. The van der Waals surface area contributed by atoms with Crippen molar-refractivity contribution in [2.75, 3.05) is 5.32 Å². The molecule has 0 fully saturated rings. The van der Waals surface area contributed by atoms with Gasteiger partial charge < -0.3 is 10.6 Å². The Kier molecular flexibility index (Phi) is 4.72. The molecule has 0 saturated carbocycles. The molecule has 3 rings (SSSR count). The number of aromatic nitrogens is 2. The fourth-order valence-corrected chi connectivity index (χ4v) is 2.64. The Morgan fingerprint density at radius 2 is 1.92 bits per heavy atom. The number of rotatable bonds is 4. The van der Waals surface area contributed by atoms with E-state index in [4.69, 9.17) is 11.6 Å². The molecule has 7 heteroatoms. The van der Waals surface area contributed by atoms with Gasteiger partial charge in [-0.3, -0.25) is 14.0 Å². The number of nitrogens with zero attached hydrogens (tertiary/aromatic N) is 2. The van der Waals surface area contributed by atoms with Gasteiger partial charge in [-0.2, -0.15) is 0 Å². The zero-order valence-electron chi connectivity index (χ0n) is 13.8. The summed E-state index contributed by atoms with van der Waals surface area (Å²) in [5, 5.41) is 6.06. The van der Waals surface area contributed by atoms with E-state index in [9.17, 15) is 9.59 Å². The van der Waals surface area contributed by atoms with Crippen molar-refractivity contribution >= 4 is 34.6 Å². The van der Waals surface area contributed by atoms with Crippen molar-refractivity contribution in [3.8, 4) is 0 Å². The van der Waals surface area contributed by atoms with Gasteiger partial charge in [-0.15, -0.1) is 0 Å². The van der Waals surface area contributed by atoms with Crippen LogP contribution in [-0.2, 0) is 0 Å². The van der Waals surface area contributed by atoms with Crippen LogP contribution in [0.15, 0.2) is 48.7 Å². The van der Waals surface area contributed by atoms with Crippen molar-refractivity contribution in [2.45, 2.75) is 19.9 Å². The molecule has 1 aromatic carbocycles. The summed E-state index contributed by atoms with van der Waals surface area (Å²) in [6, 6.07) is 12.1. The number of pyridine rings is 1. The third-order valence-electron chi connectivity index (χ3n) is 3.47. The largest absolute Gasteiger partial charge is 0.347 e. The van der Waals surface area contributed by atoms with Gasteiger partial charge >= 0.3 is 0 Å². The summed E-state index contributed by atoms with van der Waals surface area (Å²) in [7, 11) is 0. The van der Waals surface area contributed by atoms with Gasteiger partial charge in [-0.05, 0) is 44.2 Å². The van der Waals surface area contributed by atoms with E-state index in [1.807, 2.05) is 13.8 Å². The lowest BCUT2D eigenvalue weighted by molar-refractivity contribution is 0.0932. The highest BCUT2D eigenvalue weighted by atomic mass is 35.5. The molecule has 2 aromatic heterocycles. The van der Waals surface area contributed by atoms with E-state index in [1.165, 1.54) is 0 Å². The van der Waals surface area contributed by atoms with Gasteiger partial charge in [0.1, 0.15) is 0 Å². The van der Waals surface area contributed by atoms with Crippen LogP contribution < -0.4 is 10.6 Å². The Balaban J connectivity index is 1.98. The average molecular weight is 357 g/mol.